The number of thioether (sulfide) groups is 1. The van der Waals surface area contributed by atoms with Crippen LogP contribution in [0.4, 0.5) is 0 Å². The van der Waals surface area contributed by atoms with Gasteiger partial charge in [-0.3, -0.25) is 9.69 Å². The van der Waals surface area contributed by atoms with Crippen LogP contribution < -0.4 is 5.32 Å². The second kappa shape index (κ2) is 7.51. The second-order valence-corrected chi connectivity index (χ2v) is 7.63. The van der Waals surface area contributed by atoms with Crippen LogP contribution in [0, 0.1) is 5.92 Å². The second-order valence-electron chi connectivity index (χ2n) is 6.75. The third kappa shape index (κ3) is 4.05. The summed E-state index contributed by atoms with van der Waals surface area (Å²) in [5.41, 5.74) is 0.812. The number of hydrogen-bond donors (Lipinski definition) is 1. The van der Waals surface area contributed by atoms with Gasteiger partial charge in [-0.2, -0.15) is 0 Å². The van der Waals surface area contributed by atoms with Gasteiger partial charge in [0.25, 0.3) is 0 Å². The molecule has 1 saturated heterocycles. The summed E-state index contributed by atoms with van der Waals surface area (Å²) in [5, 5.41) is 3.13. The standard InChI is InChI=1S/C18H28N2OS/c1-14(2)13-20-11-5-10-18(20,3)17(21)19-12-15-6-8-16(22-4)9-7-15/h6-9,14H,5,10-13H2,1-4H3,(H,19,21). The molecule has 1 heterocycles. The van der Waals surface area contributed by atoms with Gasteiger partial charge in [0.05, 0.1) is 5.54 Å². The van der Waals surface area contributed by atoms with Crippen LogP contribution in [-0.2, 0) is 11.3 Å². The van der Waals surface area contributed by atoms with Gasteiger partial charge in [0.1, 0.15) is 0 Å². The number of nitrogens with zero attached hydrogens (tertiary/aromatic N) is 1. The highest BCUT2D eigenvalue weighted by Gasteiger charge is 2.42. The average molecular weight is 321 g/mol. The first-order valence-corrected chi connectivity index (χ1v) is 9.34. The quantitative estimate of drug-likeness (QED) is 0.814. The molecule has 1 aromatic carbocycles. The van der Waals surface area contributed by atoms with E-state index in [1.54, 1.807) is 11.8 Å². The molecule has 0 saturated carbocycles. The molecule has 4 heteroatoms. The normalized spacial score (nSPS) is 22.2. The summed E-state index contributed by atoms with van der Waals surface area (Å²) in [7, 11) is 0. The number of likely N-dealkylation sites (tertiary alicyclic amines) is 1. The van der Waals surface area contributed by atoms with Gasteiger partial charge in [-0.05, 0) is 56.2 Å². The summed E-state index contributed by atoms with van der Waals surface area (Å²) in [6.07, 6.45) is 4.14. The molecule has 1 N–H and O–H groups in total. The molecule has 0 radical (unpaired) electrons. The zero-order valence-electron chi connectivity index (χ0n) is 14.2. The van der Waals surface area contributed by atoms with E-state index in [9.17, 15) is 4.79 Å². The lowest BCUT2D eigenvalue weighted by atomic mass is 9.96. The van der Waals surface area contributed by atoms with Crippen molar-refractivity contribution in [3.63, 3.8) is 0 Å². The third-order valence-corrected chi connectivity index (χ3v) is 5.22. The Morgan fingerprint density at radius 2 is 2.05 bits per heavy atom. The van der Waals surface area contributed by atoms with Crippen LogP contribution in [0.15, 0.2) is 29.2 Å². The van der Waals surface area contributed by atoms with Crippen molar-refractivity contribution in [1.82, 2.24) is 10.2 Å². The predicted molar refractivity (Wildman–Crippen MR) is 94.1 cm³/mol. The molecular formula is C18H28N2OS. The highest BCUT2D eigenvalue weighted by Crippen LogP contribution is 2.30. The molecule has 2 rings (SSSR count). The van der Waals surface area contributed by atoms with Crippen molar-refractivity contribution in [2.24, 2.45) is 5.92 Å². The fourth-order valence-electron chi connectivity index (χ4n) is 3.13. The lowest BCUT2D eigenvalue weighted by Crippen LogP contribution is -2.54. The Morgan fingerprint density at radius 1 is 1.36 bits per heavy atom. The summed E-state index contributed by atoms with van der Waals surface area (Å²) in [6, 6.07) is 8.40. The number of rotatable bonds is 6. The molecule has 1 aromatic rings. The van der Waals surface area contributed by atoms with E-state index in [1.165, 1.54) is 4.90 Å². The molecule has 1 aliphatic heterocycles. The van der Waals surface area contributed by atoms with Crippen LogP contribution in [0.5, 0.6) is 0 Å². The third-order valence-electron chi connectivity index (χ3n) is 4.48. The zero-order valence-corrected chi connectivity index (χ0v) is 15.0. The lowest BCUT2D eigenvalue weighted by molar-refractivity contribution is -0.131. The van der Waals surface area contributed by atoms with Crippen LogP contribution in [0.25, 0.3) is 0 Å². The Hall–Kier alpha value is -1.00. The molecule has 122 valence electrons. The van der Waals surface area contributed by atoms with E-state index in [0.717, 1.165) is 31.5 Å². The molecule has 1 unspecified atom stereocenters. The van der Waals surface area contributed by atoms with Crippen molar-refractivity contribution in [2.45, 2.75) is 50.6 Å². The van der Waals surface area contributed by atoms with Crippen molar-refractivity contribution in [3.8, 4) is 0 Å². The number of hydrogen-bond acceptors (Lipinski definition) is 3. The summed E-state index contributed by atoms with van der Waals surface area (Å²) in [4.78, 5) is 16.3. The van der Waals surface area contributed by atoms with Gasteiger partial charge in [-0.1, -0.05) is 26.0 Å². The summed E-state index contributed by atoms with van der Waals surface area (Å²) in [5.74, 6) is 0.754. The fourth-order valence-corrected chi connectivity index (χ4v) is 3.53. The number of nitrogens with one attached hydrogen (secondary N) is 1. The Labute approximate surface area is 138 Å². The number of amides is 1. The topological polar surface area (TPSA) is 32.3 Å². The Bertz CT molecular complexity index is 500. The molecule has 3 nitrogen and oxygen atoms in total. The molecule has 1 atom stereocenters. The SMILES string of the molecule is CSc1ccc(CNC(=O)C2(C)CCCN2CC(C)C)cc1. The first kappa shape index (κ1) is 17.4. The highest BCUT2D eigenvalue weighted by atomic mass is 32.2. The summed E-state index contributed by atoms with van der Waals surface area (Å²) < 4.78 is 0. The van der Waals surface area contributed by atoms with Crippen LogP contribution in [-0.4, -0.2) is 35.7 Å². The maximum Gasteiger partial charge on any atom is 0.240 e. The van der Waals surface area contributed by atoms with Gasteiger partial charge in [0.15, 0.2) is 0 Å². The molecule has 1 aliphatic rings. The first-order chi connectivity index (χ1) is 10.5. The zero-order chi connectivity index (χ0) is 16.2. The molecule has 0 spiro atoms. The van der Waals surface area contributed by atoms with E-state index < -0.39 is 0 Å². The minimum absolute atomic E-state index is 0.166. The fraction of sp³-hybridized carbons (Fsp3) is 0.611. The summed E-state index contributed by atoms with van der Waals surface area (Å²) in [6.45, 7) is 9.15. The van der Waals surface area contributed by atoms with Crippen LogP contribution in [0.3, 0.4) is 0 Å². The average Bonchev–Trinajstić information content (AvgIpc) is 2.87. The van der Waals surface area contributed by atoms with E-state index >= 15 is 0 Å². The van der Waals surface area contributed by atoms with Gasteiger partial charge < -0.3 is 5.32 Å². The van der Waals surface area contributed by atoms with E-state index in [2.05, 4.69) is 61.5 Å². The predicted octanol–water partition coefficient (Wildman–Crippen LogP) is 3.54. The van der Waals surface area contributed by atoms with Gasteiger partial charge in [-0.25, -0.2) is 0 Å². The van der Waals surface area contributed by atoms with E-state index in [0.29, 0.717) is 12.5 Å². The molecular weight excluding hydrogens is 292 g/mol. The molecule has 0 aliphatic carbocycles. The Kier molecular flexibility index (Phi) is 5.93. The van der Waals surface area contributed by atoms with E-state index in [4.69, 9.17) is 0 Å². The minimum Gasteiger partial charge on any atom is -0.350 e. The van der Waals surface area contributed by atoms with Gasteiger partial charge in [0, 0.05) is 18.0 Å². The number of benzene rings is 1. The van der Waals surface area contributed by atoms with Gasteiger partial charge in [-0.15, -0.1) is 11.8 Å². The monoisotopic (exact) mass is 320 g/mol. The molecule has 0 bridgehead atoms. The van der Waals surface area contributed by atoms with E-state index in [-0.39, 0.29) is 11.4 Å². The van der Waals surface area contributed by atoms with Crippen molar-refractivity contribution < 1.29 is 4.79 Å². The summed E-state index contributed by atoms with van der Waals surface area (Å²) >= 11 is 1.73. The minimum atomic E-state index is -0.344. The van der Waals surface area contributed by atoms with Crippen LogP contribution >= 0.6 is 11.8 Å². The van der Waals surface area contributed by atoms with Crippen molar-refractivity contribution in [1.29, 1.82) is 0 Å². The maximum absolute atomic E-state index is 12.7. The number of carbonyl (C=O) groups is 1. The van der Waals surface area contributed by atoms with Crippen LogP contribution in [0.2, 0.25) is 0 Å². The molecule has 1 fully saturated rings. The van der Waals surface area contributed by atoms with E-state index in [1.807, 2.05) is 0 Å². The maximum atomic E-state index is 12.7. The largest absolute Gasteiger partial charge is 0.350 e. The highest BCUT2D eigenvalue weighted by molar-refractivity contribution is 7.98. The van der Waals surface area contributed by atoms with Gasteiger partial charge >= 0.3 is 0 Å². The molecule has 22 heavy (non-hydrogen) atoms. The Balaban J connectivity index is 1.95. The number of carbonyl (C=O) groups excluding carboxylic acids is 1. The van der Waals surface area contributed by atoms with Crippen LogP contribution in [0.1, 0.15) is 39.2 Å². The van der Waals surface area contributed by atoms with Gasteiger partial charge in [0.2, 0.25) is 5.91 Å². The van der Waals surface area contributed by atoms with Crippen molar-refractivity contribution in [3.05, 3.63) is 29.8 Å². The molecule has 0 aromatic heterocycles. The van der Waals surface area contributed by atoms with Crippen molar-refractivity contribution in [2.75, 3.05) is 19.3 Å². The first-order valence-electron chi connectivity index (χ1n) is 8.12. The lowest BCUT2D eigenvalue weighted by Gasteiger charge is -2.35. The van der Waals surface area contributed by atoms with Crippen molar-refractivity contribution >= 4 is 17.7 Å². The molecule has 1 amide bonds. The smallest absolute Gasteiger partial charge is 0.240 e. The Morgan fingerprint density at radius 3 is 2.64 bits per heavy atom.